The molecular formula is C16H24O. The van der Waals surface area contributed by atoms with Crippen molar-refractivity contribution in [3.05, 3.63) is 42.5 Å². The van der Waals surface area contributed by atoms with Gasteiger partial charge in [-0.2, -0.15) is 0 Å². The lowest BCUT2D eigenvalue weighted by atomic mass is 10.1. The number of ether oxygens (including phenoxy) is 1. The predicted molar refractivity (Wildman–Crippen MR) is 74.6 cm³/mol. The average Bonchev–Trinajstić information content (AvgIpc) is 2.36. The number of hydrogen-bond acceptors (Lipinski definition) is 1. The first kappa shape index (κ1) is 13.8. The topological polar surface area (TPSA) is 9.23 Å². The van der Waals surface area contributed by atoms with Gasteiger partial charge in [-0.05, 0) is 50.3 Å². The minimum Gasteiger partial charge on any atom is -0.494 e. The van der Waals surface area contributed by atoms with Crippen LogP contribution in [0.5, 0.6) is 5.75 Å². The summed E-state index contributed by atoms with van der Waals surface area (Å²) in [4.78, 5) is 0. The molecule has 1 rings (SSSR count). The van der Waals surface area contributed by atoms with Crippen molar-refractivity contribution in [1.29, 1.82) is 0 Å². The average molecular weight is 232 g/mol. The van der Waals surface area contributed by atoms with Crippen LogP contribution in [-0.4, -0.2) is 6.61 Å². The van der Waals surface area contributed by atoms with Crippen LogP contribution in [0.1, 0.15) is 44.6 Å². The van der Waals surface area contributed by atoms with Gasteiger partial charge in [-0.3, -0.25) is 0 Å². The Morgan fingerprint density at radius 1 is 1.06 bits per heavy atom. The molecule has 0 aromatic heterocycles. The van der Waals surface area contributed by atoms with E-state index in [0.717, 1.165) is 18.8 Å². The van der Waals surface area contributed by atoms with E-state index in [9.17, 15) is 0 Å². The largest absolute Gasteiger partial charge is 0.494 e. The van der Waals surface area contributed by atoms with Crippen LogP contribution < -0.4 is 4.74 Å². The third-order valence-corrected chi connectivity index (χ3v) is 2.86. The Hall–Kier alpha value is -1.24. The van der Waals surface area contributed by atoms with E-state index in [1.807, 2.05) is 13.0 Å². The molecule has 0 N–H and O–H groups in total. The second kappa shape index (κ2) is 8.86. The fourth-order valence-corrected chi connectivity index (χ4v) is 1.89. The molecule has 0 bridgehead atoms. The van der Waals surface area contributed by atoms with Gasteiger partial charge in [-0.1, -0.05) is 31.1 Å². The number of allylic oxidation sites excluding steroid dienone is 1. The Kier molecular flexibility index (Phi) is 7.20. The van der Waals surface area contributed by atoms with Gasteiger partial charge in [0.05, 0.1) is 6.61 Å². The van der Waals surface area contributed by atoms with Crippen molar-refractivity contribution < 1.29 is 4.74 Å². The Bertz CT molecular complexity index is 300. The summed E-state index contributed by atoms with van der Waals surface area (Å²) in [6.45, 7) is 6.49. The third kappa shape index (κ3) is 6.15. The molecule has 0 saturated carbocycles. The van der Waals surface area contributed by atoms with Crippen molar-refractivity contribution in [1.82, 2.24) is 0 Å². The van der Waals surface area contributed by atoms with E-state index in [1.54, 1.807) is 0 Å². The zero-order valence-electron chi connectivity index (χ0n) is 11.0. The second-order valence-corrected chi connectivity index (χ2v) is 4.32. The van der Waals surface area contributed by atoms with Crippen LogP contribution in [-0.2, 0) is 6.42 Å². The highest BCUT2D eigenvalue weighted by molar-refractivity contribution is 5.27. The zero-order chi connectivity index (χ0) is 12.3. The van der Waals surface area contributed by atoms with Crippen LogP contribution in [0.25, 0.3) is 0 Å². The van der Waals surface area contributed by atoms with E-state index >= 15 is 0 Å². The molecule has 0 atom stereocenters. The molecule has 0 aliphatic rings. The molecule has 1 heteroatoms. The smallest absolute Gasteiger partial charge is 0.119 e. The standard InChI is InChI=1S/C16H24O/c1-3-5-6-7-8-9-10-15-11-13-16(14-12-15)17-4-2/h3,11-14H,1,4-10H2,2H3. The third-order valence-electron chi connectivity index (χ3n) is 2.86. The van der Waals surface area contributed by atoms with E-state index in [4.69, 9.17) is 4.74 Å². The summed E-state index contributed by atoms with van der Waals surface area (Å²) in [5, 5.41) is 0. The van der Waals surface area contributed by atoms with Crippen molar-refractivity contribution in [2.24, 2.45) is 0 Å². The highest BCUT2D eigenvalue weighted by atomic mass is 16.5. The van der Waals surface area contributed by atoms with E-state index in [1.165, 1.54) is 37.7 Å². The summed E-state index contributed by atoms with van der Waals surface area (Å²) in [6, 6.07) is 8.48. The number of hydrogen-bond donors (Lipinski definition) is 0. The van der Waals surface area contributed by atoms with Crippen LogP contribution in [0.15, 0.2) is 36.9 Å². The maximum atomic E-state index is 5.42. The molecule has 0 heterocycles. The SMILES string of the molecule is C=CCCCCCCc1ccc(OCC)cc1. The van der Waals surface area contributed by atoms with Gasteiger partial charge < -0.3 is 4.74 Å². The molecule has 1 nitrogen and oxygen atoms in total. The summed E-state index contributed by atoms with van der Waals surface area (Å²) < 4.78 is 5.42. The van der Waals surface area contributed by atoms with Gasteiger partial charge in [0.2, 0.25) is 0 Å². The van der Waals surface area contributed by atoms with E-state index in [2.05, 4.69) is 30.8 Å². The molecule has 1 aromatic rings. The lowest BCUT2D eigenvalue weighted by Gasteiger charge is -2.05. The number of rotatable bonds is 9. The van der Waals surface area contributed by atoms with Gasteiger partial charge in [-0.25, -0.2) is 0 Å². The molecule has 0 amide bonds. The van der Waals surface area contributed by atoms with Crippen LogP contribution >= 0.6 is 0 Å². The first-order valence-corrected chi connectivity index (χ1v) is 6.69. The molecule has 0 fully saturated rings. The molecule has 0 unspecified atom stereocenters. The molecule has 0 spiro atoms. The molecule has 0 saturated heterocycles. The van der Waals surface area contributed by atoms with E-state index < -0.39 is 0 Å². The molecule has 0 aliphatic carbocycles. The fraction of sp³-hybridized carbons (Fsp3) is 0.500. The summed E-state index contributed by atoms with van der Waals surface area (Å²) in [5.41, 5.74) is 1.41. The second-order valence-electron chi connectivity index (χ2n) is 4.32. The number of unbranched alkanes of at least 4 members (excludes halogenated alkanes) is 4. The van der Waals surface area contributed by atoms with Gasteiger partial charge in [0.15, 0.2) is 0 Å². The number of benzene rings is 1. The zero-order valence-corrected chi connectivity index (χ0v) is 11.0. The van der Waals surface area contributed by atoms with E-state index in [0.29, 0.717) is 0 Å². The first-order valence-electron chi connectivity index (χ1n) is 6.69. The highest BCUT2D eigenvalue weighted by Gasteiger charge is 1.95. The lowest BCUT2D eigenvalue weighted by Crippen LogP contribution is -1.92. The maximum Gasteiger partial charge on any atom is 0.119 e. The van der Waals surface area contributed by atoms with E-state index in [-0.39, 0.29) is 0 Å². The predicted octanol–water partition coefficient (Wildman–Crippen LogP) is 4.76. The van der Waals surface area contributed by atoms with Gasteiger partial charge in [-0.15, -0.1) is 6.58 Å². The van der Waals surface area contributed by atoms with Crippen LogP contribution in [0, 0.1) is 0 Å². The molecule has 0 radical (unpaired) electrons. The van der Waals surface area contributed by atoms with Crippen molar-refractivity contribution in [2.45, 2.75) is 45.4 Å². The molecule has 17 heavy (non-hydrogen) atoms. The minimum atomic E-state index is 0.739. The van der Waals surface area contributed by atoms with Crippen molar-refractivity contribution in [3.63, 3.8) is 0 Å². The highest BCUT2D eigenvalue weighted by Crippen LogP contribution is 2.14. The molecule has 1 aromatic carbocycles. The Morgan fingerprint density at radius 3 is 2.41 bits per heavy atom. The minimum absolute atomic E-state index is 0.739. The maximum absolute atomic E-state index is 5.42. The first-order chi connectivity index (χ1) is 8.36. The monoisotopic (exact) mass is 232 g/mol. The van der Waals surface area contributed by atoms with Crippen molar-refractivity contribution >= 4 is 0 Å². The summed E-state index contributed by atoms with van der Waals surface area (Å²) in [6.07, 6.45) is 9.55. The lowest BCUT2D eigenvalue weighted by molar-refractivity contribution is 0.340. The van der Waals surface area contributed by atoms with Gasteiger partial charge in [0, 0.05) is 0 Å². The van der Waals surface area contributed by atoms with Crippen LogP contribution in [0.4, 0.5) is 0 Å². The van der Waals surface area contributed by atoms with Crippen LogP contribution in [0.2, 0.25) is 0 Å². The number of aryl methyl sites for hydroxylation is 1. The Labute approximate surface area is 106 Å². The van der Waals surface area contributed by atoms with Gasteiger partial charge in [0.25, 0.3) is 0 Å². The molecule has 94 valence electrons. The Morgan fingerprint density at radius 2 is 1.76 bits per heavy atom. The Balaban J connectivity index is 2.16. The summed E-state index contributed by atoms with van der Waals surface area (Å²) >= 11 is 0. The van der Waals surface area contributed by atoms with Crippen LogP contribution in [0.3, 0.4) is 0 Å². The quantitative estimate of drug-likeness (QED) is 0.440. The van der Waals surface area contributed by atoms with Gasteiger partial charge >= 0.3 is 0 Å². The fourth-order valence-electron chi connectivity index (χ4n) is 1.89. The summed E-state index contributed by atoms with van der Waals surface area (Å²) in [5.74, 6) is 0.974. The van der Waals surface area contributed by atoms with Crippen molar-refractivity contribution in [2.75, 3.05) is 6.61 Å². The molecule has 0 aliphatic heterocycles. The summed E-state index contributed by atoms with van der Waals surface area (Å²) in [7, 11) is 0. The normalized spacial score (nSPS) is 10.2. The molecular weight excluding hydrogens is 208 g/mol. The van der Waals surface area contributed by atoms with Gasteiger partial charge in [0.1, 0.15) is 5.75 Å². The van der Waals surface area contributed by atoms with Crippen molar-refractivity contribution in [3.8, 4) is 5.75 Å².